The number of anilines is 1. The summed E-state index contributed by atoms with van der Waals surface area (Å²) in [6, 6.07) is 3.11. The molecule has 3 heteroatoms. The Kier molecular flexibility index (Phi) is 3.50. The molecule has 96 valence electrons. The molecule has 0 saturated heterocycles. The van der Waals surface area contributed by atoms with Crippen molar-refractivity contribution in [3.05, 3.63) is 34.8 Å². The van der Waals surface area contributed by atoms with Crippen LogP contribution in [0.25, 0.3) is 10.9 Å². The van der Waals surface area contributed by atoms with E-state index in [4.69, 9.17) is 0 Å². The van der Waals surface area contributed by atoms with Gasteiger partial charge in [0.05, 0.1) is 5.52 Å². The monoisotopic (exact) mass is 246 g/mol. The van der Waals surface area contributed by atoms with Crippen LogP contribution >= 0.6 is 0 Å². The summed E-state index contributed by atoms with van der Waals surface area (Å²) in [6.07, 6.45) is 0.886. The Morgan fingerprint density at radius 1 is 1.22 bits per heavy atom. The summed E-state index contributed by atoms with van der Waals surface area (Å²) >= 11 is 0. The van der Waals surface area contributed by atoms with Gasteiger partial charge in [-0.25, -0.2) is 4.39 Å². The third-order valence-electron chi connectivity index (χ3n) is 3.28. The topological polar surface area (TPSA) is 24.9 Å². The van der Waals surface area contributed by atoms with E-state index in [2.05, 4.69) is 17.2 Å². The van der Waals surface area contributed by atoms with Crippen LogP contribution in [-0.4, -0.2) is 11.5 Å². The largest absolute Gasteiger partial charge is 0.385 e. The first-order valence-corrected chi connectivity index (χ1v) is 6.41. The van der Waals surface area contributed by atoms with Gasteiger partial charge in [-0.15, -0.1) is 0 Å². The highest BCUT2D eigenvalue weighted by Crippen LogP contribution is 2.30. The molecule has 2 rings (SSSR count). The smallest absolute Gasteiger partial charge is 0.124 e. The van der Waals surface area contributed by atoms with Crippen LogP contribution in [0.2, 0.25) is 0 Å². The van der Waals surface area contributed by atoms with Crippen LogP contribution in [0.5, 0.6) is 0 Å². The number of benzene rings is 1. The van der Waals surface area contributed by atoms with Crippen molar-refractivity contribution in [2.45, 2.75) is 34.1 Å². The number of nitrogens with one attached hydrogen (secondary N) is 1. The number of fused-ring (bicyclic) bond motifs is 1. The fourth-order valence-corrected chi connectivity index (χ4v) is 2.39. The number of halogens is 1. The highest BCUT2D eigenvalue weighted by Gasteiger charge is 2.12. The van der Waals surface area contributed by atoms with E-state index >= 15 is 0 Å². The number of hydrogen-bond donors (Lipinski definition) is 1. The predicted molar refractivity (Wildman–Crippen MR) is 74.7 cm³/mol. The molecule has 0 unspecified atom stereocenters. The van der Waals surface area contributed by atoms with Crippen LogP contribution in [0.15, 0.2) is 12.1 Å². The molecule has 0 aliphatic heterocycles. The van der Waals surface area contributed by atoms with Gasteiger partial charge >= 0.3 is 0 Å². The minimum atomic E-state index is -0.204. The second kappa shape index (κ2) is 4.92. The minimum absolute atomic E-state index is 0.204. The fraction of sp³-hybridized carbons (Fsp3) is 0.400. The van der Waals surface area contributed by atoms with Crippen molar-refractivity contribution in [1.82, 2.24) is 4.98 Å². The molecule has 1 N–H and O–H groups in total. The molecule has 0 fully saturated rings. The molecule has 0 radical (unpaired) electrons. The summed E-state index contributed by atoms with van der Waals surface area (Å²) in [5, 5.41) is 4.22. The van der Waals surface area contributed by atoms with Gasteiger partial charge < -0.3 is 5.32 Å². The van der Waals surface area contributed by atoms with E-state index < -0.39 is 0 Å². The first-order chi connectivity index (χ1) is 8.58. The molecular formula is C15H19FN2. The van der Waals surface area contributed by atoms with Gasteiger partial charge in [0.1, 0.15) is 5.82 Å². The SMILES string of the molecule is CCNc1c(C)c(CC)nc2c(C)cc(F)cc12. The first-order valence-electron chi connectivity index (χ1n) is 6.41. The standard InChI is InChI=1S/C15H19FN2/c1-5-13-10(4)15(17-6-2)12-8-11(16)7-9(3)14(12)18-13/h7-8H,5-6H2,1-4H3,(H,17,18). The van der Waals surface area contributed by atoms with Crippen molar-refractivity contribution >= 4 is 16.6 Å². The van der Waals surface area contributed by atoms with Crippen molar-refractivity contribution < 1.29 is 4.39 Å². The lowest BCUT2D eigenvalue weighted by Crippen LogP contribution is -2.05. The number of hydrogen-bond acceptors (Lipinski definition) is 2. The Hall–Kier alpha value is -1.64. The average Bonchev–Trinajstić information content (AvgIpc) is 2.33. The van der Waals surface area contributed by atoms with Gasteiger partial charge in [-0.1, -0.05) is 6.92 Å². The molecule has 0 bridgehead atoms. The number of aryl methyl sites for hydroxylation is 2. The molecule has 2 aromatic rings. The zero-order chi connectivity index (χ0) is 13.3. The highest BCUT2D eigenvalue weighted by molar-refractivity contribution is 5.95. The number of pyridine rings is 1. The summed E-state index contributed by atoms with van der Waals surface area (Å²) in [7, 11) is 0. The van der Waals surface area contributed by atoms with Crippen LogP contribution in [0.1, 0.15) is 30.7 Å². The Morgan fingerprint density at radius 3 is 2.56 bits per heavy atom. The summed E-state index contributed by atoms with van der Waals surface area (Å²) in [4.78, 5) is 4.67. The average molecular weight is 246 g/mol. The van der Waals surface area contributed by atoms with E-state index in [9.17, 15) is 4.39 Å². The van der Waals surface area contributed by atoms with Crippen LogP contribution in [0.3, 0.4) is 0 Å². The highest BCUT2D eigenvalue weighted by atomic mass is 19.1. The third-order valence-corrected chi connectivity index (χ3v) is 3.28. The minimum Gasteiger partial charge on any atom is -0.385 e. The molecule has 18 heavy (non-hydrogen) atoms. The maximum Gasteiger partial charge on any atom is 0.124 e. The van der Waals surface area contributed by atoms with Gasteiger partial charge in [-0.05, 0) is 50.5 Å². The van der Waals surface area contributed by atoms with E-state index in [0.29, 0.717) is 0 Å². The van der Waals surface area contributed by atoms with Crippen LogP contribution < -0.4 is 5.32 Å². The molecule has 0 aliphatic rings. The van der Waals surface area contributed by atoms with E-state index in [1.165, 1.54) is 0 Å². The lowest BCUT2D eigenvalue weighted by molar-refractivity contribution is 0.628. The van der Waals surface area contributed by atoms with Crippen molar-refractivity contribution in [2.24, 2.45) is 0 Å². The van der Waals surface area contributed by atoms with E-state index in [0.717, 1.165) is 46.4 Å². The molecule has 2 nitrogen and oxygen atoms in total. The molecule has 0 amide bonds. The van der Waals surface area contributed by atoms with E-state index in [1.807, 2.05) is 20.8 Å². The lowest BCUT2D eigenvalue weighted by atomic mass is 10.0. The molecule has 0 atom stereocenters. The second-order valence-corrected chi connectivity index (χ2v) is 4.56. The molecule has 0 spiro atoms. The van der Waals surface area contributed by atoms with Crippen LogP contribution in [-0.2, 0) is 6.42 Å². The number of nitrogens with zero attached hydrogens (tertiary/aromatic N) is 1. The van der Waals surface area contributed by atoms with Gasteiger partial charge in [-0.3, -0.25) is 4.98 Å². The zero-order valence-corrected chi connectivity index (χ0v) is 11.4. The van der Waals surface area contributed by atoms with Crippen molar-refractivity contribution in [3.63, 3.8) is 0 Å². The van der Waals surface area contributed by atoms with E-state index in [-0.39, 0.29) is 5.82 Å². The van der Waals surface area contributed by atoms with Crippen LogP contribution in [0, 0.1) is 19.7 Å². The van der Waals surface area contributed by atoms with Gasteiger partial charge in [0.25, 0.3) is 0 Å². The van der Waals surface area contributed by atoms with Gasteiger partial charge in [0, 0.05) is 23.3 Å². The first kappa shape index (κ1) is 12.8. The Labute approximate surface area is 107 Å². The molecule has 1 heterocycles. The second-order valence-electron chi connectivity index (χ2n) is 4.56. The molecule has 1 aromatic heterocycles. The summed E-state index contributed by atoms with van der Waals surface area (Å²) in [5.41, 5.74) is 5.00. The summed E-state index contributed by atoms with van der Waals surface area (Å²) in [5.74, 6) is -0.204. The Morgan fingerprint density at radius 2 is 1.94 bits per heavy atom. The van der Waals surface area contributed by atoms with Gasteiger partial charge in [0.15, 0.2) is 0 Å². The number of aromatic nitrogens is 1. The molecule has 0 aliphatic carbocycles. The Bertz CT molecular complexity index is 591. The maximum atomic E-state index is 13.6. The van der Waals surface area contributed by atoms with Crippen molar-refractivity contribution in [1.29, 1.82) is 0 Å². The fourth-order valence-electron chi connectivity index (χ4n) is 2.39. The quantitative estimate of drug-likeness (QED) is 0.886. The number of rotatable bonds is 3. The third kappa shape index (κ3) is 2.05. The normalized spacial score (nSPS) is 10.9. The van der Waals surface area contributed by atoms with Crippen LogP contribution in [0.4, 0.5) is 10.1 Å². The molecule has 1 aromatic carbocycles. The zero-order valence-electron chi connectivity index (χ0n) is 11.4. The summed E-state index contributed by atoms with van der Waals surface area (Å²) < 4.78 is 13.6. The van der Waals surface area contributed by atoms with E-state index in [1.54, 1.807) is 12.1 Å². The summed E-state index contributed by atoms with van der Waals surface area (Å²) in [6.45, 7) is 8.91. The maximum absolute atomic E-state index is 13.6. The van der Waals surface area contributed by atoms with Gasteiger partial charge in [-0.2, -0.15) is 0 Å². The van der Waals surface area contributed by atoms with Gasteiger partial charge in [0.2, 0.25) is 0 Å². The predicted octanol–water partition coefficient (Wildman–Crippen LogP) is 3.98. The van der Waals surface area contributed by atoms with Crippen molar-refractivity contribution in [3.8, 4) is 0 Å². The molecular weight excluding hydrogens is 227 g/mol. The lowest BCUT2D eigenvalue weighted by Gasteiger charge is -2.15. The van der Waals surface area contributed by atoms with Crippen molar-refractivity contribution in [2.75, 3.05) is 11.9 Å². The Balaban J connectivity index is 2.86. The molecule has 0 saturated carbocycles.